The van der Waals surface area contributed by atoms with Gasteiger partial charge in [0.1, 0.15) is 12.3 Å². The first-order valence-corrected chi connectivity index (χ1v) is 7.61. The Morgan fingerprint density at radius 3 is 2.95 bits per heavy atom. The van der Waals surface area contributed by atoms with Gasteiger partial charge in [-0.25, -0.2) is 4.98 Å². The average Bonchev–Trinajstić information content (AvgIpc) is 3.22. The summed E-state index contributed by atoms with van der Waals surface area (Å²) in [5, 5.41) is 9.84. The predicted molar refractivity (Wildman–Crippen MR) is 82.6 cm³/mol. The molecule has 6 heteroatoms. The second-order valence-electron chi connectivity index (χ2n) is 5.57. The lowest BCUT2D eigenvalue weighted by atomic mass is 10.2. The number of oxazole rings is 1. The lowest BCUT2D eigenvalue weighted by Crippen LogP contribution is -2.40. The summed E-state index contributed by atoms with van der Waals surface area (Å²) in [6.07, 6.45) is 3.66. The molecule has 0 radical (unpaired) electrons. The number of hydrogen-bond acceptors (Lipinski definition) is 4. The molecule has 0 saturated heterocycles. The molecule has 1 aliphatic rings. The van der Waals surface area contributed by atoms with Crippen LogP contribution in [0, 0.1) is 0 Å². The zero-order chi connectivity index (χ0) is 15.7. The molecule has 1 unspecified atom stereocenters. The van der Waals surface area contributed by atoms with Crippen molar-refractivity contribution >= 4 is 17.6 Å². The van der Waals surface area contributed by atoms with Crippen LogP contribution in [0.25, 0.3) is 11.5 Å². The number of rotatable bonds is 6. The van der Waals surface area contributed by atoms with Gasteiger partial charge in [0, 0.05) is 23.2 Å². The number of carbonyl (C=O) groups is 1. The summed E-state index contributed by atoms with van der Waals surface area (Å²) in [4.78, 5) is 17.6. The Kier molecular flexibility index (Phi) is 4.18. The quantitative estimate of drug-likeness (QED) is 0.883. The molecule has 0 spiro atoms. The average molecular weight is 321 g/mol. The topological polar surface area (TPSA) is 66.6 Å². The smallest absolute Gasteiger partial charge is 0.320 e. The molecule has 0 bridgehead atoms. The van der Waals surface area contributed by atoms with Gasteiger partial charge in [-0.1, -0.05) is 17.7 Å². The van der Waals surface area contributed by atoms with Gasteiger partial charge in [-0.3, -0.25) is 9.69 Å². The second-order valence-corrected chi connectivity index (χ2v) is 6.01. The molecule has 2 aromatic rings. The van der Waals surface area contributed by atoms with Crippen LogP contribution in [0.4, 0.5) is 0 Å². The number of aromatic nitrogens is 1. The normalized spacial score (nSPS) is 16.0. The number of carboxylic acids is 1. The minimum absolute atomic E-state index is 0.331. The SMILES string of the molecule is CC(C(=O)O)N(Cc1coc(-c2cccc(Cl)c2)n1)C1CC1. The van der Waals surface area contributed by atoms with Crippen LogP contribution in [0.15, 0.2) is 34.9 Å². The van der Waals surface area contributed by atoms with E-state index in [9.17, 15) is 9.90 Å². The van der Waals surface area contributed by atoms with Gasteiger partial charge in [-0.2, -0.15) is 0 Å². The maximum Gasteiger partial charge on any atom is 0.320 e. The van der Waals surface area contributed by atoms with Crippen molar-refractivity contribution in [1.29, 1.82) is 0 Å². The van der Waals surface area contributed by atoms with Gasteiger partial charge in [-0.15, -0.1) is 0 Å². The van der Waals surface area contributed by atoms with Crippen molar-refractivity contribution in [3.63, 3.8) is 0 Å². The van der Waals surface area contributed by atoms with Gasteiger partial charge in [0.05, 0.1) is 5.69 Å². The molecule has 1 aromatic carbocycles. The number of halogens is 1. The van der Waals surface area contributed by atoms with Gasteiger partial charge >= 0.3 is 5.97 Å². The molecule has 1 N–H and O–H groups in total. The fourth-order valence-electron chi connectivity index (χ4n) is 2.45. The zero-order valence-electron chi connectivity index (χ0n) is 12.2. The first-order valence-electron chi connectivity index (χ1n) is 7.23. The Hall–Kier alpha value is -1.85. The third-order valence-electron chi connectivity index (χ3n) is 3.84. The molecule has 5 nitrogen and oxygen atoms in total. The van der Waals surface area contributed by atoms with Gasteiger partial charge in [0.15, 0.2) is 0 Å². The molecule has 22 heavy (non-hydrogen) atoms. The van der Waals surface area contributed by atoms with Gasteiger partial charge in [-0.05, 0) is 38.0 Å². The molecule has 1 aliphatic carbocycles. The molecule has 1 atom stereocenters. The predicted octanol–water partition coefficient (Wildman–Crippen LogP) is 3.43. The highest BCUT2D eigenvalue weighted by Crippen LogP contribution is 2.31. The van der Waals surface area contributed by atoms with E-state index >= 15 is 0 Å². The molecule has 116 valence electrons. The van der Waals surface area contributed by atoms with Crippen molar-refractivity contribution in [1.82, 2.24) is 9.88 Å². The first-order chi connectivity index (χ1) is 10.5. The lowest BCUT2D eigenvalue weighted by molar-refractivity contribution is -0.143. The summed E-state index contributed by atoms with van der Waals surface area (Å²) < 4.78 is 5.50. The van der Waals surface area contributed by atoms with Crippen LogP contribution in [0.1, 0.15) is 25.5 Å². The summed E-state index contributed by atoms with van der Waals surface area (Å²) in [6, 6.07) is 7.09. The van der Waals surface area contributed by atoms with E-state index in [-0.39, 0.29) is 0 Å². The van der Waals surface area contributed by atoms with Crippen LogP contribution in [-0.4, -0.2) is 33.0 Å². The van der Waals surface area contributed by atoms with E-state index in [1.165, 1.54) is 0 Å². The number of hydrogen-bond donors (Lipinski definition) is 1. The van der Waals surface area contributed by atoms with Gasteiger partial charge in [0.25, 0.3) is 0 Å². The van der Waals surface area contributed by atoms with E-state index in [1.54, 1.807) is 25.3 Å². The maximum atomic E-state index is 11.2. The summed E-state index contributed by atoms with van der Waals surface area (Å²) >= 11 is 5.97. The summed E-state index contributed by atoms with van der Waals surface area (Å²) in [6.45, 7) is 2.18. The fourth-order valence-corrected chi connectivity index (χ4v) is 2.64. The van der Waals surface area contributed by atoms with Gasteiger partial charge < -0.3 is 9.52 Å². The third-order valence-corrected chi connectivity index (χ3v) is 4.07. The zero-order valence-corrected chi connectivity index (χ0v) is 13.0. The van der Waals surface area contributed by atoms with Crippen LogP contribution >= 0.6 is 11.6 Å². The van der Waals surface area contributed by atoms with Crippen molar-refractivity contribution in [2.24, 2.45) is 0 Å². The molecule has 1 aromatic heterocycles. The maximum absolute atomic E-state index is 11.2. The third kappa shape index (κ3) is 3.31. The van der Waals surface area contributed by atoms with E-state index in [1.807, 2.05) is 17.0 Å². The number of aliphatic carboxylic acids is 1. The van der Waals surface area contributed by atoms with Crippen LogP contribution in [0.2, 0.25) is 5.02 Å². The van der Waals surface area contributed by atoms with Crippen molar-refractivity contribution in [3.05, 3.63) is 41.2 Å². The lowest BCUT2D eigenvalue weighted by Gasteiger charge is -2.24. The van der Waals surface area contributed by atoms with Crippen molar-refractivity contribution in [3.8, 4) is 11.5 Å². The number of nitrogens with zero attached hydrogens (tertiary/aromatic N) is 2. The minimum atomic E-state index is -0.814. The Bertz CT molecular complexity index is 682. The van der Waals surface area contributed by atoms with Crippen LogP contribution in [0.3, 0.4) is 0 Å². The highest BCUT2D eigenvalue weighted by molar-refractivity contribution is 6.30. The van der Waals surface area contributed by atoms with Gasteiger partial charge in [0.2, 0.25) is 5.89 Å². The van der Waals surface area contributed by atoms with E-state index in [0.29, 0.717) is 23.5 Å². The largest absolute Gasteiger partial charge is 0.480 e. The summed E-state index contributed by atoms with van der Waals surface area (Å²) in [5.74, 6) is -0.318. The number of benzene rings is 1. The summed E-state index contributed by atoms with van der Waals surface area (Å²) in [7, 11) is 0. The molecule has 1 fully saturated rings. The first kappa shape index (κ1) is 15.1. The van der Waals surface area contributed by atoms with Crippen LogP contribution in [0.5, 0.6) is 0 Å². The van der Waals surface area contributed by atoms with Crippen LogP contribution < -0.4 is 0 Å². The minimum Gasteiger partial charge on any atom is -0.480 e. The van der Waals surface area contributed by atoms with Crippen molar-refractivity contribution < 1.29 is 14.3 Å². The Labute approximate surface area is 133 Å². The van der Waals surface area contributed by atoms with Crippen molar-refractivity contribution in [2.45, 2.75) is 38.4 Å². The van der Waals surface area contributed by atoms with Crippen molar-refractivity contribution in [2.75, 3.05) is 0 Å². The Balaban J connectivity index is 1.77. The molecule has 1 heterocycles. The standard InChI is InChI=1S/C16H17ClN2O3/c1-10(16(20)21)19(14-5-6-14)8-13-9-22-15(18-13)11-3-2-4-12(17)7-11/h2-4,7,9-10,14H,5-6,8H2,1H3,(H,20,21). The fraction of sp³-hybridized carbons (Fsp3) is 0.375. The number of carboxylic acid groups (broad SMARTS) is 1. The second kappa shape index (κ2) is 6.10. The van der Waals surface area contributed by atoms with E-state index < -0.39 is 12.0 Å². The highest BCUT2D eigenvalue weighted by atomic mass is 35.5. The van der Waals surface area contributed by atoms with E-state index in [2.05, 4.69) is 4.98 Å². The Morgan fingerprint density at radius 1 is 1.55 bits per heavy atom. The summed E-state index contributed by atoms with van der Waals surface area (Å²) in [5.41, 5.74) is 1.54. The Morgan fingerprint density at radius 2 is 2.32 bits per heavy atom. The molecule has 0 amide bonds. The van der Waals surface area contributed by atoms with E-state index in [4.69, 9.17) is 16.0 Å². The highest BCUT2D eigenvalue weighted by Gasteiger charge is 2.35. The monoisotopic (exact) mass is 320 g/mol. The molecule has 0 aliphatic heterocycles. The molecule has 1 saturated carbocycles. The van der Waals surface area contributed by atoms with E-state index in [0.717, 1.165) is 24.1 Å². The molecule has 3 rings (SSSR count). The molecular formula is C16H17ClN2O3. The van der Waals surface area contributed by atoms with Crippen LogP contribution in [-0.2, 0) is 11.3 Å². The molecular weight excluding hydrogens is 304 g/mol.